The predicted molar refractivity (Wildman–Crippen MR) is 71.6 cm³/mol. The Bertz CT molecular complexity index is 342. The van der Waals surface area contributed by atoms with E-state index in [1.54, 1.807) is 12.1 Å². The average molecular weight is 252 g/mol. The summed E-state index contributed by atoms with van der Waals surface area (Å²) in [5, 5.41) is 18.4. The normalized spacial score (nSPS) is 10.9. The smallest absolute Gasteiger partial charge is 0.423 e. The van der Waals surface area contributed by atoms with Crippen molar-refractivity contribution in [1.82, 2.24) is 0 Å². The molecule has 1 aromatic carbocycles. The molecule has 2 N–H and O–H groups in total. The van der Waals surface area contributed by atoms with E-state index >= 15 is 0 Å². The van der Waals surface area contributed by atoms with Gasteiger partial charge < -0.3 is 19.5 Å². The third-order valence-electron chi connectivity index (χ3n) is 2.41. The number of hydrogen-bond donors (Lipinski definition) is 2. The third-order valence-corrected chi connectivity index (χ3v) is 2.41. The van der Waals surface area contributed by atoms with Crippen molar-refractivity contribution in [2.24, 2.45) is 5.92 Å². The zero-order chi connectivity index (χ0) is 13.4. The van der Waals surface area contributed by atoms with Gasteiger partial charge in [-0.3, -0.25) is 0 Å². The molecule has 1 aromatic rings. The Hall–Kier alpha value is -0.875. The van der Waals surface area contributed by atoms with Crippen molar-refractivity contribution in [2.75, 3.05) is 19.8 Å². The van der Waals surface area contributed by atoms with Crippen molar-refractivity contribution >= 4 is 12.6 Å². The monoisotopic (exact) mass is 252 g/mol. The zero-order valence-corrected chi connectivity index (χ0v) is 11.0. The first-order valence-corrected chi connectivity index (χ1v) is 6.20. The highest BCUT2D eigenvalue weighted by atomic mass is 16.5. The molecular weight excluding hydrogens is 231 g/mol. The van der Waals surface area contributed by atoms with Crippen LogP contribution >= 0.6 is 0 Å². The molecule has 0 atom stereocenters. The van der Waals surface area contributed by atoms with Crippen molar-refractivity contribution in [1.29, 1.82) is 0 Å². The van der Waals surface area contributed by atoms with Gasteiger partial charge in [-0.05, 0) is 16.9 Å². The van der Waals surface area contributed by atoms with Gasteiger partial charge in [0.2, 0.25) is 0 Å². The van der Waals surface area contributed by atoms with Gasteiger partial charge in [0.25, 0.3) is 0 Å². The topological polar surface area (TPSA) is 58.9 Å². The van der Waals surface area contributed by atoms with Gasteiger partial charge in [0, 0.05) is 6.61 Å². The summed E-state index contributed by atoms with van der Waals surface area (Å²) in [6.07, 6.45) is 0. The Morgan fingerprint density at radius 1 is 1.11 bits per heavy atom. The molecule has 1 rings (SSSR count). The van der Waals surface area contributed by atoms with Crippen molar-refractivity contribution < 1.29 is 19.5 Å². The lowest BCUT2D eigenvalue weighted by molar-refractivity contribution is 0.0316. The van der Waals surface area contributed by atoms with E-state index in [1.807, 2.05) is 12.1 Å². The standard InChI is InChI=1S/C13H21BO4/c1-11(2)9-17-7-8-18-10-12-5-3-4-6-13(12)14(15)16/h3-6,11,15-16H,7-10H2,1-2H3. The van der Waals surface area contributed by atoms with Crippen LogP contribution in [-0.4, -0.2) is 37.0 Å². The molecule has 0 aliphatic carbocycles. The van der Waals surface area contributed by atoms with Gasteiger partial charge in [0.1, 0.15) is 0 Å². The highest BCUT2D eigenvalue weighted by Gasteiger charge is 2.14. The zero-order valence-electron chi connectivity index (χ0n) is 11.0. The van der Waals surface area contributed by atoms with E-state index in [4.69, 9.17) is 9.47 Å². The number of benzene rings is 1. The lowest BCUT2D eigenvalue weighted by Gasteiger charge is -2.10. The third kappa shape index (κ3) is 5.64. The summed E-state index contributed by atoms with van der Waals surface area (Å²) in [5.41, 5.74) is 1.27. The maximum Gasteiger partial charge on any atom is 0.488 e. The fourth-order valence-corrected chi connectivity index (χ4v) is 1.54. The van der Waals surface area contributed by atoms with Crippen LogP contribution in [0.25, 0.3) is 0 Å². The Morgan fingerprint density at radius 3 is 2.44 bits per heavy atom. The fourth-order valence-electron chi connectivity index (χ4n) is 1.54. The van der Waals surface area contributed by atoms with Crippen molar-refractivity contribution in [3.05, 3.63) is 29.8 Å². The molecule has 0 aromatic heterocycles. The van der Waals surface area contributed by atoms with Crippen molar-refractivity contribution in [3.63, 3.8) is 0 Å². The molecule has 4 nitrogen and oxygen atoms in total. The minimum absolute atomic E-state index is 0.360. The summed E-state index contributed by atoms with van der Waals surface area (Å²) in [4.78, 5) is 0. The minimum atomic E-state index is -1.46. The Labute approximate surface area is 109 Å². The van der Waals surface area contributed by atoms with Crippen LogP contribution in [-0.2, 0) is 16.1 Å². The highest BCUT2D eigenvalue weighted by molar-refractivity contribution is 6.59. The van der Waals surface area contributed by atoms with E-state index in [-0.39, 0.29) is 0 Å². The molecule has 0 spiro atoms. The molecule has 0 saturated heterocycles. The van der Waals surface area contributed by atoms with Gasteiger partial charge >= 0.3 is 7.12 Å². The summed E-state index contributed by atoms with van der Waals surface area (Å²) in [5.74, 6) is 0.523. The quantitative estimate of drug-likeness (QED) is 0.524. The van der Waals surface area contributed by atoms with Crippen LogP contribution in [0.2, 0.25) is 0 Å². The van der Waals surface area contributed by atoms with Crippen LogP contribution in [0.1, 0.15) is 19.4 Å². The maximum absolute atomic E-state index is 9.18. The highest BCUT2D eigenvalue weighted by Crippen LogP contribution is 2.00. The van der Waals surface area contributed by atoms with Crippen LogP contribution in [0.3, 0.4) is 0 Å². The second-order valence-corrected chi connectivity index (χ2v) is 4.59. The first-order valence-electron chi connectivity index (χ1n) is 6.20. The number of ether oxygens (including phenoxy) is 2. The van der Waals surface area contributed by atoms with Crippen LogP contribution in [0.15, 0.2) is 24.3 Å². The van der Waals surface area contributed by atoms with Crippen LogP contribution < -0.4 is 5.46 Å². The predicted octanol–water partition coefficient (Wildman–Crippen LogP) is 0.556. The second kappa shape index (κ2) is 8.27. The largest absolute Gasteiger partial charge is 0.488 e. The number of hydrogen-bond acceptors (Lipinski definition) is 4. The van der Waals surface area contributed by atoms with E-state index in [1.165, 1.54) is 0 Å². The number of rotatable bonds is 8. The van der Waals surface area contributed by atoms with Crippen LogP contribution in [0, 0.1) is 5.92 Å². The van der Waals surface area contributed by atoms with Crippen molar-refractivity contribution in [2.45, 2.75) is 20.5 Å². The molecule has 0 radical (unpaired) electrons. The Kier molecular flexibility index (Phi) is 6.97. The molecular formula is C13H21BO4. The summed E-state index contributed by atoms with van der Waals surface area (Å²) in [6.45, 7) is 6.35. The van der Waals surface area contributed by atoms with E-state index in [2.05, 4.69) is 13.8 Å². The molecule has 0 bridgehead atoms. The van der Waals surface area contributed by atoms with E-state index < -0.39 is 7.12 Å². The maximum atomic E-state index is 9.18. The fraction of sp³-hybridized carbons (Fsp3) is 0.538. The van der Waals surface area contributed by atoms with Gasteiger partial charge in [-0.15, -0.1) is 0 Å². The van der Waals surface area contributed by atoms with E-state index in [0.717, 1.165) is 12.2 Å². The average Bonchev–Trinajstić information content (AvgIpc) is 2.33. The molecule has 0 fully saturated rings. The van der Waals surface area contributed by atoms with Gasteiger partial charge in [-0.2, -0.15) is 0 Å². The minimum Gasteiger partial charge on any atom is -0.423 e. The Morgan fingerprint density at radius 2 is 1.78 bits per heavy atom. The summed E-state index contributed by atoms with van der Waals surface area (Å²) < 4.78 is 10.8. The first kappa shape index (κ1) is 15.2. The Balaban J connectivity index is 2.27. The molecule has 5 heteroatoms. The van der Waals surface area contributed by atoms with Crippen LogP contribution in [0.4, 0.5) is 0 Å². The molecule has 0 heterocycles. The van der Waals surface area contributed by atoms with Crippen LogP contribution in [0.5, 0.6) is 0 Å². The van der Waals surface area contributed by atoms with E-state index in [0.29, 0.717) is 31.2 Å². The molecule has 0 saturated carbocycles. The molecule has 0 amide bonds. The summed E-state index contributed by atoms with van der Waals surface area (Å²) in [7, 11) is -1.46. The summed E-state index contributed by atoms with van der Waals surface area (Å²) >= 11 is 0. The molecule has 100 valence electrons. The van der Waals surface area contributed by atoms with Crippen molar-refractivity contribution in [3.8, 4) is 0 Å². The molecule has 0 aliphatic rings. The molecule has 18 heavy (non-hydrogen) atoms. The lowest BCUT2D eigenvalue weighted by atomic mass is 9.77. The first-order chi connectivity index (χ1) is 8.61. The second-order valence-electron chi connectivity index (χ2n) is 4.59. The van der Waals surface area contributed by atoms with Gasteiger partial charge in [-0.25, -0.2) is 0 Å². The SMILES string of the molecule is CC(C)COCCOCc1ccccc1B(O)O. The lowest BCUT2D eigenvalue weighted by Crippen LogP contribution is -2.33. The molecule has 0 unspecified atom stereocenters. The van der Waals surface area contributed by atoms with Gasteiger partial charge in [-0.1, -0.05) is 38.1 Å². The van der Waals surface area contributed by atoms with Gasteiger partial charge in [0.05, 0.1) is 19.8 Å². The van der Waals surface area contributed by atoms with Gasteiger partial charge in [0.15, 0.2) is 0 Å². The van der Waals surface area contributed by atoms with E-state index in [9.17, 15) is 10.0 Å². The molecule has 0 aliphatic heterocycles. The summed E-state index contributed by atoms with van der Waals surface area (Å²) in [6, 6.07) is 7.12.